The molecule has 0 aromatic heterocycles. The van der Waals surface area contributed by atoms with Crippen molar-refractivity contribution in [2.45, 2.75) is 73.5 Å². The van der Waals surface area contributed by atoms with Gasteiger partial charge < -0.3 is 4.74 Å². The van der Waals surface area contributed by atoms with Crippen LogP contribution in [0.4, 0.5) is 0 Å². The summed E-state index contributed by atoms with van der Waals surface area (Å²) in [6.07, 6.45) is 0.633. The van der Waals surface area contributed by atoms with E-state index in [1.54, 1.807) is 26.0 Å². The predicted octanol–water partition coefficient (Wildman–Crippen LogP) is 6.23. The standard InChI is InChI=1S/C18H19NO3.C8H19N/c1-13(2)18(20)22-17-9-8-15(12-19-21)11-16(17)10-14-6-4-3-5-7-14;1-6-9(7(2)3)8(4)5/h3-9,11,13H,10,12H2,1-2H3;7-8H,6H2,1-5H3. The summed E-state index contributed by atoms with van der Waals surface area (Å²) in [6.45, 7) is 16.0. The molecule has 0 spiro atoms. The van der Waals surface area contributed by atoms with Crippen molar-refractivity contribution in [1.82, 2.24) is 4.90 Å². The lowest BCUT2D eigenvalue weighted by molar-refractivity contribution is -0.137. The summed E-state index contributed by atoms with van der Waals surface area (Å²) in [4.78, 5) is 24.8. The van der Waals surface area contributed by atoms with Crippen LogP contribution in [-0.2, 0) is 17.8 Å². The summed E-state index contributed by atoms with van der Waals surface area (Å²) in [5.41, 5.74) is 2.80. The van der Waals surface area contributed by atoms with E-state index in [0.29, 0.717) is 24.3 Å². The maximum atomic E-state index is 11.8. The molecular weight excluding hydrogens is 388 g/mol. The van der Waals surface area contributed by atoms with Gasteiger partial charge in [-0.3, -0.25) is 9.69 Å². The molecule has 0 N–H and O–H groups in total. The van der Waals surface area contributed by atoms with Crippen LogP contribution in [-0.4, -0.2) is 29.5 Å². The molecule has 5 heteroatoms. The summed E-state index contributed by atoms with van der Waals surface area (Å²) in [5.74, 6) is 0.0775. The molecule has 0 aliphatic heterocycles. The number of ether oxygens (including phenoxy) is 1. The van der Waals surface area contributed by atoms with Crippen molar-refractivity contribution in [2.75, 3.05) is 6.54 Å². The highest BCUT2D eigenvalue weighted by Crippen LogP contribution is 2.25. The van der Waals surface area contributed by atoms with E-state index in [4.69, 9.17) is 4.74 Å². The Hall–Kier alpha value is -2.53. The van der Waals surface area contributed by atoms with Crippen molar-refractivity contribution in [3.8, 4) is 5.75 Å². The molecule has 5 nitrogen and oxygen atoms in total. The maximum Gasteiger partial charge on any atom is 0.313 e. The predicted molar refractivity (Wildman–Crippen MR) is 128 cm³/mol. The number of esters is 1. The summed E-state index contributed by atoms with van der Waals surface area (Å²) < 4.78 is 5.46. The van der Waals surface area contributed by atoms with E-state index in [1.807, 2.05) is 36.4 Å². The first-order chi connectivity index (χ1) is 14.7. The molecule has 0 aliphatic rings. The van der Waals surface area contributed by atoms with Gasteiger partial charge in [-0.1, -0.05) is 62.3 Å². The lowest BCUT2D eigenvalue weighted by atomic mass is 10.0. The van der Waals surface area contributed by atoms with Crippen molar-refractivity contribution in [3.05, 3.63) is 70.1 Å². The monoisotopic (exact) mass is 426 g/mol. The van der Waals surface area contributed by atoms with Gasteiger partial charge in [0.2, 0.25) is 0 Å². The number of carbonyl (C=O) groups is 1. The molecule has 0 fully saturated rings. The van der Waals surface area contributed by atoms with Crippen molar-refractivity contribution in [2.24, 2.45) is 11.1 Å². The fourth-order valence-corrected chi connectivity index (χ4v) is 3.41. The molecule has 2 aromatic carbocycles. The molecule has 0 saturated carbocycles. The third-order valence-electron chi connectivity index (χ3n) is 4.98. The third kappa shape index (κ3) is 9.43. The van der Waals surface area contributed by atoms with Crippen LogP contribution in [0.15, 0.2) is 53.7 Å². The van der Waals surface area contributed by atoms with Crippen LogP contribution in [0.2, 0.25) is 0 Å². The van der Waals surface area contributed by atoms with Crippen LogP contribution >= 0.6 is 0 Å². The highest BCUT2D eigenvalue weighted by atomic mass is 16.5. The lowest BCUT2D eigenvalue weighted by Crippen LogP contribution is -2.36. The molecule has 0 aliphatic carbocycles. The Kier molecular flexibility index (Phi) is 11.7. The van der Waals surface area contributed by atoms with Gasteiger partial charge in [-0.2, -0.15) is 4.91 Å². The van der Waals surface area contributed by atoms with Crippen LogP contribution in [0, 0.1) is 10.8 Å². The Morgan fingerprint density at radius 3 is 2.00 bits per heavy atom. The SMILES string of the molecule is CC(C)C(=O)Oc1ccc(CN=O)cc1Cc1ccccc1.CCN(C(C)C)C(C)C. The van der Waals surface area contributed by atoms with Crippen LogP contribution in [0.1, 0.15) is 65.2 Å². The Morgan fingerprint density at radius 1 is 0.935 bits per heavy atom. The van der Waals surface area contributed by atoms with Crippen LogP contribution in [0.3, 0.4) is 0 Å². The largest absolute Gasteiger partial charge is 0.426 e. The topological polar surface area (TPSA) is 59.0 Å². The van der Waals surface area contributed by atoms with Gasteiger partial charge in [-0.15, -0.1) is 0 Å². The van der Waals surface area contributed by atoms with Crippen LogP contribution < -0.4 is 4.74 Å². The molecule has 31 heavy (non-hydrogen) atoms. The number of nitrogens with zero attached hydrogens (tertiary/aromatic N) is 2. The summed E-state index contributed by atoms with van der Waals surface area (Å²) >= 11 is 0. The third-order valence-corrected chi connectivity index (χ3v) is 4.98. The summed E-state index contributed by atoms with van der Waals surface area (Å²) in [6, 6.07) is 16.7. The highest BCUT2D eigenvalue weighted by molar-refractivity contribution is 5.74. The first-order valence-corrected chi connectivity index (χ1v) is 11.1. The molecule has 0 amide bonds. The van der Waals surface area contributed by atoms with Gasteiger partial charge in [-0.05, 0) is 63.1 Å². The average Bonchev–Trinajstić information content (AvgIpc) is 2.71. The molecule has 0 saturated heterocycles. The molecule has 0 radical (unpaired) electrons. The van der Waals surface area contributed by atoms with Gasteiger partial charge in [-0.25, -0.2) is 0 Å². The van der Waals surface area contributed by atoms with E-state index < -0.39 is 0 Å². The molecular formula is C26H38N2O3. The number of hydrogen-bond acceptors (Lipinski definition) is 5. The van der Waals surface area contributed by atoms with Gasteiger partial charge in [0.1, 0.15) is 12.3 Å². The van der Waals surface area contributed by atoms with Crippen molar-refractivity contribution >= 4 is 5.97 Å². The summed E-state index contributed by atoms with van der Waals surface area (Å²) in [5, 5.41) is 2.92. The second kappa shape index (κ2) is 13.7. The Balaban J connectivity index is 0.000000452. The normalized spacial score (nSPS) is 10.9. The Bertz CT molecular complexity index is 794. The number of rotatable bonds is 9. The van der Waals surface area contributed by atoms with E-state index in [-0.39, 0.29) is 18.4 Å². The number of hydrogen-bond donors (Lipinski definition) is 0. The van der Waals surface area contributed by atoms with E-state index in [0.717, 1.165) is 23.2 Å². The minimum absolute atomic E-state index is 0.111. The Labute approximate surface area is 187 Å². The molecule has 2 aromatic rings. The number of benzene rings is 2. The number of nitroso groups, excluding NO2 is 1. The van der Waals surface area contributed by atoms with Gasteiger partial charge >= 0.3 is 5.97 Å². The molecule has 0 bridgehead atoms. The zero-order valence-electron chi connectivity index (χ0n) is 20.1. The second-order valence-electron chi connectivity index (χ2n) is 8.49. The zero-order valence-corrected chi connectivity index (χ0v) is 20.1. The van der Waals surface area contributed by atoms with E-state index >= 15 is 0 Å². The van der Waals surface area contributed by atoms with Crippen molar-refractivity contribution in [3.63, 3.8) is 0 Å². The molecule has 0 atom stereocenters. The smallest absolute Gasteiger partial charge is 0.313 e. The molecule has 2 rings (SSSR count). The minimum Gasteiger partial charge on any atom is -0.426 e. The van der Waals surface area contributed by atoms with Gasteiger partial charge in [0.15, 0.2) is 0 Å². The minimum atomic E-state index is -0.268. The summed E-state index contributed by atoms with van der Waals surface area (Å²) in [7, 11) is 0. The number of carbonyl (C=O) groups excluding carboxylic acids is 1. The molecule has 170 valence electrons. The van der Waals surface area contributed by atoms with E-state index in [9.17, 15) is 9.70 Å². The maximum absolute atomic E-state index is 11.8. The zero-order chi connectivity index (χ0) is 23.4. The molecule has 0 heterocycles. The first kappa shape index (κ1) is 26.5. The quantitative estimate of drug-likeness (QED) is 0.271. The van der Waals surface area contributed by atoms with Crippen LogP contribution in [0.5, 0.6) is 5.75 Å². The van der Waals surface area contributed by atoms with Crippen molar-refractivity contribution in [1.29, 1.82) is 0 Å². The van der Waals surface area contributed by atoms with Gasteiger partial charge in [0.25, 0.3) is 0 Å². The Morgan fingerprint density at radius 2 is 1.55 bits per heavy atom. The van der Waals surface area contributed by atoms with E-state index in [1.165, 1.54) is 0 Å². The molecule has 0 unspecified atom stereocenters. The fraction of sp³-hybridized carbons (Fsp3) is 0.500. The second-order valence-corrected chi connectivity index (χ2v) is 8.49. The van der Waals surface area contributed by atoms with E-state index in [2.05, 4.69) is 44.7 Å². The van der Waals surface area contributed by atoms with Gasteiger partial charge in [0, 0.05) is 18.5 Å². The average molecular weight is 427 g/mol. The first-order valence-electron chi connectivity index (χ1n) is 11.1. The van der Waals surface area contributed by atoms with Gasteiger partial charge in [0.05, 0.1) is 5.92 Å². The van der Waals surface area contributed by atoms with Crippen molar-refractivity contribution < 1.29 is 9.53 Å². The highest BCUT2D eigenvalue weighted by Gasteiger charge is 2.14. The fourth-order valence-electron chi connectivity index (χ4n) is 3.41. The van der Waals surface area contributed by atoms with Crippen LogP contribution in [0.25, 0.3) is 0 Å². The lowest BCUT2D eigenvalue weighted by Gasteiger charge is -2.28.